The van der Waals surface area contributed by atoms with Crippen LogP contribution in [0, 0.1) is 0 Å². The van der Waals surface area contributed by atoms with Crippen LogP contribution in [-0.2, 0) is 17.5 Å². The summed E-state index contributed by atoms with van der Waals surface area (Å²) in [6.07, 6.45) is -1.18. The zero-order chi connectivity index (χ0) is 15.7. The first-order valence-electron chi connectivity index (χ1n) is 6.48. The van der Waals surface area contributed by atoms with Crippen molar-refractivity contribution >= 4 is 11.0 Å². The lowest BCUT2D eigenvalue weighted by Crippen LogP contribution is -2.07. The van der Waals surface area contributed by atoms with E-state index in [1.54, 1.807) is 31.6 Å². The number of nitrogens with one attached hydrogen (secondary N) is 1. The predicted octanol–water partition coefficient (Wildman–Crippen LogP) is 3.79. The maximum Gasteiger partial charge on any atom is 0.433 e. The third kappa shape index (κ3) is 2.67. The number of fused-ring (bicyclic) bond motifs is 1. The fourth-order valence-corrected chi connectivity index (χ4v) is 2.27. The van der Waals surface area contributed by atoms with Crippen LogP contribution in [0.3, 0.4) is 0 Å². The number of H-pyrrole nitrogens is 1. The van der Waals surface area contributed by atoms with E-state index in [0.29, 0.717) is 17.7 Å². The lowest BCUT2D eigenvalue weighted by Gasteiger charge is -2.06. The molecule has 22 heavy (non-hydrogen) atoms. The summed E-state index contributed by atoms with van der Waals surface area (Å²) in [5.74, 6) is 0. The quantitative estimate of drug-likeness (QED) is 0.801. The topological polar surface area (TPSA) is 50.8 Å². The average Bonchev–Trinajstić information content (AvgIpc) is 2.90. The van der Waals surface area contributed by atoms with Gasteiger partial charge in [0.2, 0.25) is 0 Å². The number of methoxy groups -OCH3 is 1. The summed E-state index contributed by atoms with van der Waals surface area (Å²) < 4.78 is 43.2. The number of nitrogens with zero attached hydrogens (tertiary/aromatic N) is 2. The van der Waals surface area contributed by atoms with Crippen LogP contribution in [-0.4, -0.2) is 22.1 Å². The highest BCUT2D eigenvalue weighted by atomic mass is 19.4. The highest BCUT2D eigenvalue weighted by Crippen LogP contribution is 2.31. The number of alkyl halides is 3. The summed E-state index contributed by atoms with van der Waals surface area (Å²) in [4.78, 5) is 10.6. The molecule has 114 valence electrons. The Labute approximate surface area is 124 Å². The summed E-state index contributed by atoms with van der Waals surface area (Å²) >= 11 is 0. The average molecular weight is 307 g/mol. The van der Waals surface area contributed by atoms with Crippen molar-refractivity contribution in [2.24, 2.45) is 0 Å². The SMILES string of the molecule is COCc1cnccc1-c1cc2ccc(C(F)(F)F)nc2[nH]1. The molecule has 0 aliphatic carbocycles. The van der Waals surface area contributed by atoms with E-state index in [0.717, 1.165) is 17.2 Å². The van der Waals surface area contributed by atoms with Gasteiger partial charge in [-0.2, -0.15) is 13.2 Å². The Hall–Kier alpha value is -2.41. The van der Waals surface area contributed by atoms with Gasteiger partial charge in [-0.25, -0.2) is 4.98 Å². The first kappa shape index (κ1) is 14.5. The van der Waals surface area contributed by atoms with Crippen LogP contribution in [0.15, 0.2) is 36.7 Å². The van der Waals surface area contributed by atoms with E-state index in [1.807, 2.05) is 0 Å². The van der Waals surface area contributed by atoms with Crippen LogP contribution in [0.4, 0.5) is 13.2 Å². The first-order valence-corrected chi connectivity index (χ1v) is 6.48. The molecule has 3 aromatic heterocycles. The third-order valence-electron chi connectivity index (χ3n) is 3.26. The Bertz CT molecular complexity index is 811. The van der Waals surface area contributed by atoms with E-state index < -0.39 is 11.9 Å². The minimum atomic E-state index is -4.46. The maximum absolute atomic E-state index is 12.7. The second-order valence-electron chi connectivity index (χ2n) is 4.78. The molecule has 0 aromatic carbocycles. The largest absolute Gasteiger partial charge is 0.433 e. The molecule has 0 saturated carbocycles. The lowest BCUT2D eigenvalue weighted by atomic mass is 10.1. The molecule has 0 bridgehead atoms. The Kier molecular flexibility index (Phi) is 3.58. The molecule has 4 nitrogen and oxygen atoms in total. The van der Waals surface area contributed by atoms with Gasteiger partial charge in [0.15, 0.2) is 0 Å². The molecule has 0 amide bonds. The van der Waals surface area contributed by atoms with E-state index in [2.05, 4.69) is 15.0 Å². The van der Waals surface area contributed by atoms with Gasteiger partial charge in [-0.3, -0.25) is 4.98 Å². The van der Waals surface area contributed by atoms with Gasteiger partial charge in [-0.1, -0.05) is 0 Å². The summed E-state index contributed by atoms with van der Waals surface area (Å²) in [6, 6.07) is 5.92. The van der Waals surface area contributed by atoms with E-state index in [-0.39, 0.29) is 5.65 Å². The van der Waals surface area contributed by atoms with Gasteiger partial charge < -0.3 is 9.72 Å². The van der Waals surface area contributed by atoms with Crippen molar-refractivity contribution in [3.05, 3.63) is 47.9 Å². The number of ether oxygens (including phenoxy) is 1. The van der Waals surface area contributed by atoms with Gasteiger partial charge in [-0.05, 0) is 24.3 Å². The van der Waals surface area contributed by atoms with Gasteiger partial charge in [0.1, 0.15) is 11.3 Å². The van der Waals surface area contributed by atoms with Gasteiger partial charge in [0.05, 0.1) is 6.61 Å². The predicted molar refractivity (Wildman–Crippen MR) is 75.0 cm³/mol. The number of pyridine rings is 2. The molecule has 0 aliphatic heterocycles. The van der Waals surface area contributed by atoms with Crippen molar-refractivity contribution in [2.45, 2.75) is 12.8 Å². The smallest absolute Gasteiger partial charge is 0.380 e. The number of aromatic nitrogens is 3. The van der Waals surface area contributed by atoms with E-state index in [1.165, 1.54) is 6.07 Å². The number of aromatic amines is 1. The zero-order valence-electron chi connectivity index (χ0n) is 11.6. The Balaban J connectivity index is 2.09. The van der Waals surface area contributed by atoms with Crippen molar-refractivity contribution < 1.29 is 17.9 Å². The van der Waals surface area contributed by atoms with Crippen LogP contribution in [0.25, 0.3) is 22.3 Å². The van der Waals surface area contributed by atoms with Gasteiger partial charge in [0, 0.05) is 41.7 Å². The molecular formula is C15H12F3N3O. The standard InChI is InChI=1S/C15H12F3N3O/c1-22-8-10-7-19-5-4-11(10)12-6-9-2-3-13(15(16,17)18)21-14(9)20-12/h2-7H,8H2,1H3,(H,20,21). The Morgan fingerprint density at radius 2 is 2.05 bits per heavy atom. The van der Waals surface area contributed by atoms with E-state index in [4.69, 9.17) is 4.74 Å². The summed E-state index contributed by atoms with van der Waals surface area (Å²) in [5.41, 5.74) is 1.62. The van der Waals surface area contributed by atoms with Crippen LogP contribution >= 0.6 is 0 Å². The monoisotopic (exact) mass is 307 g/mol. The molecule has 3 rings (SSSR count). The number of hydrogen-bond acceptors (Lipinski definition) is 3. The second-order valence-corrected chi connectivity index (χ2v) is 4.78. The molecule has 0 aliphatic rings. The van der Waals surface area contributed by atoms with Crippen molar-refractivity contribution in [1.29, 1.82) is 0 Å². The molecule has 0 saturated heterocycles. The van der Waals surface area contributed by atoms with E-state index in [9.17, 15) is 13.2 Å². The van der Waals surface area contributed by atoms with Crippen molar-refractivity contribution in [1.82, 2.24) is 15.0 Å². The molecule has 0 fully saturated rings. The van der Waals surface area contributed by atoms with Crippen LogP contribution in [0.1, 0.15) is 11.3 Å². The van der Waals surface area contributed by atoms with E-state index >= 15 is 0 Å². The van der Waals surface area contributed by atoms with Crippen molar-refractivity contribution in [3.8, 4) is 11.3 Å². The number of halogens is 3. The summed E-state index contributed by atoms with van der Waals surface area (Å²) in [6.45, 7) is 0.361. The zero-order valence-corrected chi connectivity index (χ0v) is 11.6. The van der Waals surface area contributed by atoms with Gasteiger partial charge >= 0.3 is 6.18 Å². The summed E-state index contributed by atoms with van der Waals surface area (Å²) in [5, 5.41) is 0.614. The fraction of sp³-hybridized carbons (Fsp3) is 0.200. The lowest BCUT2D eigenvalue weighted by molar-refractivity contribution is -0.141. The number of hydrogen-bond donors (Lipinski definition) is 1. The fourth-order valence-electron chi connectivity index (χ4n) is 2.27. The van der Waals surface area contributed by atoms with Gasteiger partial charge in [-0.15, -0.1) is 0 Å². The molecule has 0 radical (unpaired) electrons. The first-order chi connectivity index (χ1) is 10.5. The molecule has 3 heterocycles. The highest BCUT2D eigenvalue weighted by Gasteiger charge is 2.32. The Morgan fingerprint density at radius 3 is 2.77 bits per heavy atom. The van der Waals surface area contributed by atoms with Crippen molar-refractivity contribution in [3.63, 3.8) is 0 Å². The van der Waals surface area contributed by atoms with Crippen molar-refractivity contribution in [2.75, 3.05) is 7.11 Å². The molecule has 3 aromatic rings. The van der Waals surface area contributed by atoms with Crippen LogP contribution in [0.2, 0.25) is 0 Å². The molecule has 0 unspecified atom stereocenters. The Morgan fingerprint density at radius 1 is 1.23 bits per heavy atom. The molecule has 0 spiro atoms. The summed E-state index contributed by atoms with van der Waals surface area (Å²) in [7, 11) is 1.57. The number of rotatable bonds is 3. The minimum absolute atomic E-state index is 0.199. The van der Waals surface area contributed by atoms with Gasteiger partial charge in [0.25, 0.3) is 0 Å². The minimum Gasteiger partial charge on any atom is -0.380 e. The molecule has 1 N–H and O–H groups in total. The maximum atomic E-state index is 12.7. The second kappa shape index (κ2) is 5.42. The third-order valence-corrected chi connectivity index (χ3v) is 3.26. The highest BCUT2D eigenvalue weighted by molar-refractivity contribution is 5.83. The normalized spacial score (nSPS) is 12.0. The van der Waals surface area contributed by atoms with Crippen LogP contribution in [0.5, 0.6) is 0 Å². The molecule has 0 atom stereocenters. The molecule has 7 heteroatoms. The molecular weight excluding hydrogens is 295 g/mol. The van der Waals surface area contributed by atoms with Crippen LogP contribution < -0.4 is 0 Å².